The van der Waals surface area contributed by atoms with Crippen molar-refractivity contribution in [3.8, 4) is 5.75 Å². The number of aryl methyl sites for hydroxylation is 2. The lowest BCUT2D eigenvalue weighted by Crippen LogP contribution is -2.39. The number of anilines is 2. The normalized spacial score (nSPS) is 15.3. The molecule has 0 fully saturated rings. The topological polar surface area (TPSA) is 75.7 Å². The minimum atomic E-state index is -3.73. The molecule has 0 aromatic heterocycles. The monoisotopic (exact) mass is 450 g/mol. The van der Waals surface area contributed by atoms with Crippen LogP contribution in [0.2, 0.25) is 0 Å². The SMILES string of the molecule is Cc1ccc(NS(=O)(=O)c2ccc(OCC(=O)N3c4ccccc4C[C@H]3C)cc2)cc1C. The first kappa shape index (κ1) is 21.9. The summed E-state index contributed by atoms with van der Waals surface area (Å²) >= 11 is 0. The van der Waals surface area contributed by atoms with Gasteiger partial charge in [0.2, 0.25) is 0 Å². The van der Waals surface area contributed by atoms with Gasteiger partial charge in [-0.2, -0.15) is 0 Å². The van der Waals surface area contributed by atoms with E-state index in [4.69, 9.17) is 4.74 Å². The predicted molar refractivity (Wildman–Crippen MR) is 126 cm³/mol. The molecule has 0 saturated heterocycles. The highest BCUT2D eigenvalue weighted by atomic mass is 32.2. The lowest BCUT2D eigenvalue weighted by Gasteiger charge is -2.22. The summed E-state index contributed by atoms with van der Waals surface area (Å²) in [5.41, 5.74) is 4.69. The molecule has 4 rings (SSSR count). The first-order valence-electron chi connectivity index (χ1n) is 10.5. The molecule has 0 saturated carbocycles. The maximum absolute atomic E-state index is 12.8. The summed E-state index contributed by atoms with van der Waals surface area (Å²) < 4.78 is 33.6. The number of para-hydroxylation sites is 1. The van der Waals surface area contributed by atoms with E-state index in [0.29, 0.717) is 11.4 Å². The second kappa shape index (κ2) is 8.67. The van der Waals surface area contributed by atoms with Gasteiger partial charge < -0.3 is 9.64 Å². The fraction of sp³-hybridized carbons (Fsp3) is 0.240. The number of fused-ring (bicyclic) bond motifs is 1. The van der Waals surface area contributed by atoms with Crippen LogP contribution in [-0.2, 0) is 21.2 Å². The van der Waals surface area contributed by atoms with E-state index in [1.807, 2.05) is 51.1 Å². The van der Waals surface area contributed by atoms with Crippen LogP contribution in [-0.4, -0.2) is 27.0 Å². The van der Waals surface area contributed by atoms with Crippen LogP contribution in [0.4, 0.5) is 11.4 Å². The van der Waals surface area contributed by atoms with Gasteiger partial charge in [-0.05, 0) is 86.3 Å². The van der Waals surface area contributed by atoms with Gasteiger partial charge in [0.1, 0.15) is 5.75 Å². The maximum Gasteiger partial charge on any atom is 0.265 e. The van der Waals surface area contributed by atoms with E-state index in [1.54, 1.807) is 29.2 Å². The van der Waals surface area contributed by atoms with Gasteiger partial charge in [-0.3, -0.25) is 9.52 Å². The van der Waals surface area contributed by atoms with Crippen LogP contribution < -0.4 is 14.4 Å². The fourth-order valence-electron chi connectivity index (χ4n) is 3.89. The van der Waals surface area contributed by atoms with Crippen LogP contribution in [0.5, 0.6) is 5.75 Å². The highest BCUT2D eigenvalue weighted by Crippen LogP contribution is 2.32. The molecule has 166 valence electrons. The second-order valence-electron chi connectivity index (χ2n) is 8.11. The summed E-state index contributed by atoms with van der Waals surface area (Å²) in [7, 11) is -3.73. The predicted octanol–water partition coefficient (Wildman–Crippen LogP) is 4.46. The Kier molecular flexibility index (Phi) is 5.93. The van der Waals surface area contributed by atoms with E-state index in [-0.39, 0.29) is 23.5 Å². The number of amides is 1. The number of sulfonamides is 1. The number of carbonyl (C=O) groups excluding carboxylic acids is 1. The Labute approximate surface area is 188 Å². The van der Waals surface area contributed by atoms with Crippen molar-refractivity contribution < 1.29 is 17.9 Å². The Morgan fingerprint density at radius 3 is 2.47 bits per heavy atom. The van der Waals surface area contributed by atoms with Gasteiger partial charge in [-0.1, -0.05) is 24.3 Å². The van der Waals surface area contributed by atoms with E-state index < -0.39 is 10.0 Å². The summed E-state index contributed by atoms with van der Waals surface area (Å²) in [6.45, 7) is 5.80. The van der Waals surface area contributed by atoms with E-state index in [9.17, 15) is 13.2 Å². The van der Waals surface area contributed by atoms with Crippen LogP contribution in [0.3, 0.4) is 0 Å². The average Bonchev–Trinajstić information content (AvgIpc) is 3.10. The summed E-state index contributed by atoms with van der Waals surface area (Å²) in [6, 6.07) is 19.4. The number of benzene rings is 3. The Morgan fingerprint density at radius 2 is 1.75 bits per heavy atom. The summed E-state index contributed by atoms with van der Waals surface area (Å²) in [5, 5.41) is 0. The highest BCUT2D eigenvalue weighted by molar-refractivity contribution is 7.92. The molecule has 1 amide bonds. The van der Waals surface area contributed by atoms with Crippen molar-refractivity contribution in [2.75, 3.05) is 16.2 Å². The molecule has 1 N–H and O–H groups in total. The van der Waals surface area contributed by atoms with Gasteiger partial charge in [-0.15, -0.1) is 0 Å². The molecule has 0 unspecified atom stereocenters. The second-order valence-corrected chi connectivity index (χ2v) is 9.79. The smallest absolute Gasteiger partial charge is 0.265 e. The van der Waals surface area contributed by atoms with Crippen molar-refractivity contribution in [3.05, 3.63) is 83.4 Å². The van der Waals surface area contributed by atoms with Gasteiger partial charge in [0.05, 0.1) is 4.90 Å². The van der Waals surface area contributed by atoms with Crippen LogP contribution in [0, 0.1) is 13.8 Å². The largest absolute Gasteiger partial charge is 0.484 e. The first-order chi connectivity index (χ1) is 15.2. The molecule has 0 aliphatic carbocycles. The number of ether oxygens (including phenoxy) is 1. The van der Waals surface area contributed by atoms with Crippen molar-refractivity contribution in [2.45, 2.75) is 38.1 Å². The third-order valence-corrected chi connectivity index (χ3v) is 7.13. The minimum absolute atomic E-state index is 0.0764. The molecule has 1 atom stereocenters. The quantitative estimate of drug-likeness (QED) is 0.602. The highest BCUT2D eigenvalue weighted by Gasteiger charge is 2.30. The summed E-state index contributed by atoms with van der Waals surface area (Å²) in [4.78, 5) is 14.7. The Balaban J connectivity index is 1.40. The lowest BCUT2D eigenvalue weighted by molar-refractivity contribution is -0.120. The van der Waals surface area contributed by atoms with Crippen molar-refractivity contribution in [2.24, 2.45) is 0 Å². The molecule has 3 aromatic rings. The molecule has 1 heterocycles. The van der Waals surface area contributed by atoms with E-state index >= 15 is 0 Å². The number of nitrogens with zero attached hydrogens (tertiary/aromatic N) is 1. The molecule has 0 spiro atoms. The zero-order chi connectivity index (χ0) is 22.9. The van der Waals surface area contributed by atoms with Crippen LogP contribution in [0.1, 0.15) is 23.6 Å². The lowest BCUT2D eigenvalue weighted by atomic mass is 10.1. The minimum Gasteiger partial charge on any atom is -0.484 e. The van der Waals surface area contributed by atoms with Crippen molar-refractivity contribution in [1.29, 1.82) is 0 Å². The first-order valence-corrected chi connectivity index (χ1v) is 12.0. The number of nitrogens with one attached hydrogen (secondary N) is 1. The van der Waals surface area contributed by atoms with Gasteiger partial charge in [0, 0.05) is 17.4 Å². The molecule has 1 aliphatic rings. The third-order valence-electron chi connectivity index (χ3n) is 5.73. The van der Waals surface area contributed by atoms with Crippen molar-refractivity contribution >= 4 is 27.3 Å². The Morgan fingerprint density at radius 1 is 1.03 bits per heavy atom. The van der Waals surface area contributed by atoms with Crippen molar-refractivity contribution in [3.63, 3.8) is 0 Å². The van der Waals surface area contributed by atoms with Gasteiger partial charge in [-0.25, -0.2) is 8.42 Å². The van der Waals surface area contributed by atoms with E-state index in [1.165, 1.54) is 12.1 Å². The number of hydrogen-bond donors (Lipinski definition) is 1. The molecule has 3 aromatic carbocycles. The molecule has 7 heteroatoms. The van der Waals surface area contributed by atoms with E-state index in [2.05, 4.69) is 4.72 Å². The van der Waals surface area contributed by atoms with Gasteiger partial charge in [0.15, 0.2) is 6.61 Å². The molecule has 1 aliphatic heterocycles. The zero-order valence-electron chi connectivity index (χ0n) is 18.3. The summed E-state index contributed by atoms with van der Waals surface area (Å²) in [6.07, 6.45) is 0.821. The maximum atomic E-state index is 12.8. The van der Waals surface area contributed by atoms with Gasteiger partial charge >= 0.3 is 0 Å². The van der Waals surface area contributed by atoms with Gasteiger partial charge in [0.25, 0.3) is 15.9 Å². The molecule has 32 heavy (non-hydrogen) atoms. The molecular formula is C25H26N2O4S. The standard InChI is InChI=1S/C25H26N2O4S/c1-17-8-9-21(14-18(17)2)26-32(29,30)23-12-10-22(11-13-23)31-16-25(28)27-19(3)15-20-6-4-5-7-24(20)27/h4-14,19,26H,15-16H2,1-3H3/t19-/m1/s1. The third kappa shape index (κ3) is 4.48. The molecular weight excluding hydrogens is 424 g/mol. The number of carbonyl (C=O) groups is 1. The summed E-state index contributed by atoms with van der Waals surface area (Å²) in [5.74, 6) is 0.305. The zero-order valence-corrected chi connectivity index (χ0v) is 19.1. The number of hydrogen-bond acceptors (Lipinski definition) is 4. The Bertz CT molecular complexity index is 1250. The fourth-order valence-corrected chi connectivity index (χ4v) is 4.94. The molecule has 0 bridgehead atoms. The molecule has 6 nitrogen and oxygen atoms in total. The van der Waals surface area contributed by atoms with E-state index in [0.717, 1.165) is 28.8 Å². The Hall–Kier alpha value is -3.32. The number of rotatable bonds is 6. The molecule has 0 radical (unpaired) electrons. The average molecular weight is 451 g/mol. The van der Waals surface area contributed by atoms with Crippen molar-refractivity contribution in [1.82, 2.24) is 0 Å². The van der Waals surface area contributed by atoms with Crippen LogP contribution in [0.25, 0.3) is 0 Å². The van der Waals surface area contributed by atoms with Crippen LogP contribution >= 0.6 is 0 Å². The van der Waals surface area contributed by atoms with Crippen LogP contribution in [0.15, 0.2) is 71.6 Å².